The third kappa shape index (κ3) is 3.04. The summed E-state index contributed by atoms with van der Waals surface area (Å²) in [5.41, 5.74) is 5.15. The van der Waals surface area contributed by atoms with Crippen molar-refractivity contribution in [3.63, 3.8) is 0 Å². The average Bonchev–Trinajstić information content (AvgIpc) is 2.83. The zero-order chi connectivity index (χ0) is 20.8. The Morgan fingerprint density at radius 1 is 0.484 bits per heavy atom. The van der Waals surface area contributed by atoms with Crippen LogP contribution in [0.5, 0.6) is 0 Å². The summed E-state index contributed by atoms with van der Waals surface area (Å²) in [5, 5.41) is 5.97. The number of rotatable bonds is 2. The van der Waals surface area contributed by atoms with Crippen LogP contribution >= 0.6 is 11.6 Å². The molecule has 0 aliphatic carbocycles. The van der Waals surface area contributed by atoms with Gasteiger partial charge in [-0.3, -0.25) is 0 Å². The SMILES string of the molecule is Clc1nc(-c2ccc(-c3cccc4ccccc34)cc2)c2ccc3ccccc3c2n1. The quantitative estimate of drug-likeness (QED) is 0.211. The molecule has 3 heteroatoms. The molecule has 31 heavy (non-hydrogen) atoms. The fourth-order valence-electron chi connectivity index (χ4n) is 4.34. The lowest BCUT2D eigenvalue weighted by Crippen LogP contribution is -1.92. The molecular weight excluding hydrogens is 400 g/mol. The van der Waals surface area contributed by atoms with Crippen molar-refractivity contribution in [1.29, 1.82) is 0 Å². The summed E-state index contributed by atoms with van der Waals surface area (Å²) in [4.78, 5) is 9.13. The largest absolute Gasteiger partial charge is 0.223 e. The van der Waals surface area contributed by atoms with Crippen LogP contribution in [0.1, 0.15) is 0 Å². The molecule has 0 fully saturated rings. The fraction of sp³-hybridized carbons (Fsp3) is 0. The van der Waals surface area contributed by atoms with Crippen molar-refractivity contribution >= 4 is 44.0 Å². The molecule has 1 heterocycles. The Morgan fingerprint density at radius 2 is 1.13 bits per heavy atom. The smallest absolute Gasteiger partial charge is 0.217 e. The molecule has 0 radical (unpaired) electrons. The molecule has 0 bridgehead atoms. The van der Waals surface area contributed by atoms with E-state index in [1.165, 1.54) is 21.9 Å². The highest BCUT2D eigenvalue weighted by Crippen LogP contribution is 2.34. The lowest BCUT2D eigenvalue weighted by atomic mass is 9.96. The second kappa shape index (κ2) is 7.19. The highest BCUT2D eigenvalue weighted by Gasteiger charge is 2.12. The molecule has 0 atom stereocenters. The van der Waals surface area contributed by atoms with Crippen molar-refractivity contribution < 1.29 is 0 Å². The molecule has 0 spiro atoms. The van der Waals surface area contributed by atoms with Gasteiger partial charge < -0.3 is 0 Å². The topological polar surface area (TPSA) is 25.8 Å². The zero-order valence-corrected chi connectivity index (χ0v) is 17.3. The van der Waals surface area contributed by atoms with E-state index in [-0.39, 0.29) is 5.28 Å². The second-order valence-corrected chi connectivity index (χ2v) is 7.97. The van der Waals surface area contributed by atoms with Crippen LogP contribution < -0.4 is 0 Å². The number of aromatic nitrogens is 2. The van der Waals surface area contributed by atoms with Crippen LogP contribution in [0.4, 0.5) is 0 Å². The normalized spacial score (nSPS) is 11.4. The molecule has 0 N–H and O–H groups in total. The molecule has 0 aliphatic heterocycles. The summed E-state index contributed by atoms with van der Waals surface area (Å²) in [7, 11) is 0. The summed E-state index contributed by atoms with van der Waals surface area (Å²) < 4.78 is 0. The highest BCUT2D eigenvalue weighted by molar-refractivity contribution is 6.29. The van der Waals surface area contributed by atoms with Gasteiger partial charge in [0, 0.05) is 16.3 Å². The summed E-state index contributed by atoms with van der Waals surface area (Å²) in [6.45, 7) is 0. The summed E-state index contributed by atoms with van der Waals surface area (Å²) in [5.74, 6) is 0. The Morgan fingerprint density at radius 3 is 1.94 bits per heavy atom. The first kappa shape index (κ1) is 18.1. The molecule has 6 rings (SSSR count). The molecule has 0 aliphatic rings. The van der Waals surface area contributed by atoms with E-state index in [9.17, 15) is 0 Å². The molecule has 0 amide bonds. The van der Waals surface area contributed by atoms with Gasteiger partial charge in [0.2, 0.25) is 5.28 Å². The predicted octanol–water partition coefficient (Wildman–Crippen LogP) is 7.92. The molecule has 6 aromatic rings. The zero-order valence-electron chi connectivity index (χ0n) is 16.6. The van der Waals surface area contributed by atoms with Crippen LogP contribution in [0, 0.1) is 0 Å². The molecule has 0 saturated carbocycles. The Hall–Kier alpha value is -3.75. The van der Waals surface area contributed by atoms with Gasteiger partial charge in [-0.05, 0) is 45.0 Å². The minimum absolute atomic E-state index is 0.261. The van der Waals surface area contributed by atoms with Gasteiger partial charge in [0.25, 0.3) is 0 Å². The monoisotopic (exact) mass is 416 g/mol. The van der Waals surface area contributed by atoms with Crippen molar-refractivity contribution in [2.24, 2.45) is 0 Å². The van der Waals surface area contributed by atoms with Gasteiger partial charge in [-0.1, -0.05) is 97.1 Å². The lowest BCUT2D eigenvalue weighted by Gasteiger charge is -2.11. The minimum atomic E-state index is 0.261. The summed E-state index contributed by atoms with van der Waals surface area (Å²) >= 11 is 6.34. The van der Waals surface area contributed by atoms with E-state index in [0.717, 1.165) is 32.9 Å². The van der Waals surface area contributed by atoms with Crippen LogP contribution in [0.2, 0.25) is 5.28 Å². The first-order valence-corrected chi connectivity index (χ1v) is 10.6. The maximum atomic E-state index is 6.34. The van der Waals surface area contributed by atoms with Crippen molar-refractivity contribution in [2.75, 3.05) is 0 Å². The number of nitrogens with zero attached hydrogens (tertiary/aromatic N) is 2. The molecule has 146 valence electrons. The van der Waals surface area contributed by atoms with Crippen molar-refractivity contribution in [1.82, 2.24) is 9.97 Å². The van der Waals surface area contributed by atoms with Gasteiger partial charge >= 0.3 is 0 Å². The third-order valence-corrected chi connectivity index (χ3v) is 5.99. The minimum Gasteiger partial charge on any atom is -0.217 e. The van der Waals surface area contributed by atoms with Gasteiger partial charge in [0.05, 0.1) is 11.2 Å². The lowest BCUT2D eigenvalue weighted by molar-refractivity contribution is 1.23. The molecule has 0 saturated heterocycles. The molecule has 1 aromatic heterocycles. The van der Waals surface area contributed by atoms with E-state index in [4.69, 9.17) is 11.6 Å². The van der Waals surface area contributed by atoms with Crippen LogP contribution in [0.3, 0.4) is 0 Å². The molecule has 5 aromatic carbocycles. The average molecular weight is 417 g/mol. The number of fused-ring (bicyclic) bond motifs is 4. The number of halogens is 1. The second-order valence-electron chi connectivity index (χ2n) is 7.63. The fourth-order valence-corrected chi connectivity index (χ4v) is 4.51. The third-order valence-electron chi connectivity index (χ3n) is 5.82. The Labute approximate surface area is 184 Å². The Bertz CT molecular complexity index is 1580. The van der Waals surface area contributed by atoms with E-state index in [2.05, 4.69) is 101 Å². The molecule has 0 unspecified atom stereocenters. The van der Waals surface area contributed by atoms with Gasteiger partial charge in [-0.2, -0.15) is 0 Å². The summed E-state index contributed by atoms with van der Waals surface area (Å²) in [6.07, 6.45) is 0. The van der Waals surface area contributed by atoms with Gasteiger partial charge in [-0.25, -0.2) is 9.97 Å². The Kier molecular flexibility index (Phi) is 4.19. The van der Waals surface area contributed by atoms with Crippen LogP contribution in [0.15, 0.2) is 103 Å². The number of benzene rings is 5. The van der Waals surface area contributed by atoms with E-state index in [1.807, 2.05) is 12.1 Å². The van der Waals surface area contributed by atoms with Gasteiger partial charge in [0.1, 0.15) is 0 Å². The summed E-state index contributed by atoms with van der Waals surface area (Å²) in [6, 6.07) is 35.8. The van der Waals surface area contributed by atoms with Gasteiger partial charge in [-0.15, -0.1) is 0 Å². The first-order valence-electron chi connectivity index (χ1n) is 10.2. The predicted molar refractivity (Wildman–Crippen MR) is 130 cm³/mol. The highest BCUT2D eigenvalue weighted by atomic mass is 35.5. The van der Waals surface area contributed by atoms with Gasteiger partial charge in [0.15, 0.2) is 0 Å². The standard InChI is InChI=1S/C28H17ClN2/c29-28-30-26(25-17-16-19-7-2-4-10-24(19)27(25)31-28)21-14-12-20(13-15-21)23-11-5-8-18-6-1-3-9-22(18)23/h1-17H. The number of hydrogen-bond acceptors (Lipinski definition) is 2. The van der Waals surface area contributed by atoms with Crippen LogP contribution in [-0.4, -0.2) is 9.97 Å². The number of hydrogen-bond donors (Lipinski definition) is 0. The van der Waals surface area contributed by atoms with Crippen molar-refractivity contribution in [2.45, 2.75) is 0 Å². The maximum Gasteiger partial charge on any atom is 0.223 e. The van der Waals surface area contributed by atoms with E-state index in [1.54, 1.807) is 0 Å². The maximum absolute atomic E-state index is 6.34. The van der Waals surface area contributed by atoms with E-state index >= 15 is 0 Å². The van der Waals surface area contributed by atoms with Crippen molar-refractivity contribution in [3.05, 3.63) is 108 Å². The van der Waals surface area contributed by atoms with Crippen LogP contribution in [-0.2, 0) is 0 Å². The van der Waals surface area contributed by atoms with E-state index < -0.39 is 0 Å². The first-order chi connectivity index (χ1) is 15.3. The van der Waals surface area contributed by atoms with Crippen molar-refractivity contribution in [3.8, 4) is 22.4 Å². The van der Waals surface area contributed by atoms with E-state index in [0.29, 0.717) is 0 Å². The Balaban J connectivity index is 1.52. The molecule has 2 nitrogen and oxygen atoms in total. The van der Waals surface area contributed by atoms with Crippen LogP contribution in [0.25, 0.3) is 54.8 Å². The molecular formula is C28H17ClN2.